The summed E-state index contributed by atoms with van der Waals surface area (Å²) in [6.07, 6.45) is 7.12. The summed E-state index contributed by atoms with van der Waals surface area (Å²) < 4.78 is 5.53. The lowest BCUT2D eigenvalue weighted by Crippen LogP contribution is -2.41. The van der Waals surface area contributed by atoms with E-state index in [4.69, 9.17) is 0 Å². The number of aryl methyl sites for hydroxylation is 3. The number of aliphatic hydroxyl groups excluding tert-OH is 1. The first-order chi connectivity index (χ1) is 18.6. The molecule has 0 unspecified atom stereocenters. The summed E-state index contributed by atoms with van der Waals surface area (Å²) in [6.45, 7) is 7.25. The fourth-order valence-corrected chi connectivity index (χ4v) is 5.96. The maximum Gasteiger partial charge on any atom is 0.276 e. The van der Waals surface area contributed by atoms with Crippen molar-refractivity contribution in [2.75, 3.05) is 16.8 Å². The van der Waals surface area contributed by atoms with Gasteiger partial charge in [0.25, 0.3) is 11.5 Å². The van der Waals surface area contributed by atoms with Crippen molar-refractivity contribution in [1.82, 2.24) is 23.7 Å². The molecule has 39 heavy (non-hydrogen) atoms. The minimum atomic E-state index is -0.307. The van der Waals surface area contributed by atoms with Gasteiger partial charge in [-0.05, 0) is 54.5 Å². The zero-order valence-electron chi connectivity index (χ0n) is 22.9. The monoisotopic (exact) mass is 527 g/mol. The number of anilines is 3. The number of pyridine rings is 2. The van der Waals surface area contributed by atoms with E-state index in [9.17, 15) is 14.7 Å². The van der Waals surface area contributed by atoms with Crippen LogP contribution in [0, 0.1) is 12.3 Å². The smallest absolute Gasteiger partial charge is 0.276 e. The summed E-state index contributed by atoms with van der Waals surface area (Å²) in [6, 6.07) is 5.59. The van der Waals surface area contributed by atoms with Gasteiger partial charge in [-0.3, -0.25) is 14.5 Å². The zero-order valence-corrected chi connectivity index (χ0v) is 22.9. The number of amides is 1. The van der Waals surface area contributed by atoms with Crippen LogP contribution < -0.4 is 15.8 Å². The predicted molar refractivity (Wildman–Crippen MR) is 149 cm³/mol. The van der Waals surface area contributed by atoms with Crippen LogP contribution in [0.15, 0.2) is 41.6 Å². The fraction of sp³-hybridized carbons (Fsp3) is 0.379. The van der Waals surface area contributed by atoms with E-state index in [1.165, 1.54) is 15.8 Å². The topological polar surface area (TPSA) is 110 Å². The van der Waals surface area contributed by atoms with Crippen LogP contribution in [0.25, 0.3) is 11.1 Å². The summed E-state index contributed by atoms with van der Waals surface area (Å²) in [5, 5.41) is 13.6. The Kier molecular flexibility index (Phi) is 5.76. The second-order valence-electron chi connectivity index (χ2n) is 11.4. The Morgan fingerprint density at radius 2 is 1.87 bits per heavy atom. The van der Waals surface area contributed by atoms with Crippen molar-refractivity contribution < 1.29 is 9.90 Å². The molecule has 0 bridgehead atoms. The highest BCUT2D eigenvalue weighted by Gasteiger charge is 2.37. The maximum atomic E-state index is 13.7. The molecule has 5 heterocycles. The molecule has 10 heteroatoms. The average Bonchev–Trinajstić information content (AvgIpc) is 3.50. The molecule has 10 nitrogen and oxygen atoms in total. The zero-order chi connectivity index (χ0) is 27.6. The highest BCUT2D eigenvalue weighted by molar-refractivity contribution is 6.06. The molecule has 0 atom stereocenters. The molecule has 4 aromatic heterocycles. The van der Waals surface area contributed by atoms with Crippen molar-refractivity contribution in [2.45, 2.75) is 46.8 Å². The number of fused-ring (bicyclic) bond motifs is 3. The largest absolute Gasteiger partial charge is 0.392 e. The lowest BCUT2D eigenvalue weighted by molar-refractivity contribution is 0.0962. The van der Waals surface area contributed by atoms with Crippen molar-refractivity contribution in [3.05, 3.63) is 75.5 Å². The van der Waals surface area contributed by atoms with E-state index in [0.29, 0.717) is 52.8 Å². The normalized spacial score (nSPS) is 15.9. The molecule has 0 fully saturated rings. The summed E-state index contributed by atoms with van der Waals surface area (Å²) in [4.78, 5) is 37.3. The number of aliphatic hydroxyl groups is 1. The van der Waals surface area contributed by atoms with Gasteiger partial charge in [0.15, 0.2) is 0 Å². The Hall–Kier alpha value is -4.18. The van der Waals surface area contributed by atoms with Crippen molar-refractivity contribution in [1.29, 1.82) is 0 Å². The van der Waals surface area contributed by atoms with Crippen LogP contribution >= 0.6 is 0 Å². The van der Waals surface area contributed by atoms with E-state index >= 15 is 0 Å². The third kappa shape index (κ3) is 4.15. The molecular formula is C29H33N7O3. The van der Waals surface area contributed by atoms with Crippen molar-refractivity contribution in [3.8, 4) is 11.1 Å². The van der Waals surface area contributed by atoms with Gasteiger partial charge in [0.2, 0.25) is 0 Å². The summed E-state index contributed by atoms with van der Waals surface area (Å²) >= 11 is 0. The van der Waals surface area contributed by atoms with E-state index in [-0.39, 0.29) is 23.5 Å². The van der Waals surface area contributed by atoms with Gasteiger partial charge in [0.05, 0.1) is 6.61 Å². The van der Waals surface area contributed by atoms with E-state index in [1.807, 2.05) is 30.8 Å². The van der Waals surface area contributed by atoms with Crippen LogP contribution in [-0.2, 0) is 40.1 Å². The molecule has 1 aliphatic carbocycles. The van der Waals surface area contributed by atoms with Crippen LogP contribution in [0.3, 0.4) is 0 Å². The average molecular weight is 528 g/mol. The van der Waals surface area contributed by atoms with Gasteiger partial charge < -0.3 is 24.1 Å². The van der Waals surface area contributed by atoms with E-state index in [0.717, 1.165) is 18.7 Å². The predicted octanol–water partition coefficient (Wildman–Crippen LogP) is 3.31. The van der Waals surface area contributed by atoms with Crippen LogP contribution in [0.5, 0.6) is 0 Å². The van der Waals surface area contributed by atoms with Gasteiger partial charge in [0, 0.05) is 62.6 Å². The molecular weight excluding hydrogens is 494 g/mol. The summed E-state index contributed by atoms with van der Waals surface area (Å²) in [7, 11) is 3.57. The maximum absolute atomic E-state index is 13.7. The second-order valence-corrected chi connectivity index (χ2v) is 11.4. The highest BCUT2D eigenvalue weighted by Crippen LogP contribution is 2.40. The van der Waals surface area contributed by atoms with Crippen LogP contribution in [0.2, 0.25) is 0 Å². The Bertz CT molecular complexity index is 1670. The number of rotatable bonds is 5. The molecule has 0 spiro atoms. The highest BCUT2D eigenvalue weighted by atomic mass is 16.3. The molecule has 1 amide bonds. The van der Waals surface area contributed by atoms with Gasteiger partial charge >= 0.3 is 0 Å². The summed E-state index contributed by atoms with van der Waals surface area (Å²) in [5.74, 6) is 1.72. The Labute approximate surface area is 226 Å². The Morgan fingerprint density at radius 1 is 1.08 bits per heavy atom. The molecule has 0 saturated heterocycles. The lowest BCUT2D eigenvalue weighted by Gasteiger charge is -2.31. The molecule has 0 radical (unpaired) electrons. The first kappa shape index (κ1) is 25.1. The van der Waals surface area contributed by atoms with Crippen molar-refractivity contribution in [2.24, 2.45) is 19.5 Å². The number of carbonyl (C=O) groups excluding carboxylic acids is 1. The number of imidazole rings is 1. The Morgan fingerprint density at radius 3 is 2.59 bits per heavy atom. The second kappa shape index (κ2) is 8.94. The SMILES string of the molecule is Cc1nc(Nc2cc(-c3ccnc(N4CCn5c(cc6c5CC(C)(C)C6)C4=O)c3CO)cn(C)c2=O)cn1C. The first-order valence-corrected chi connectivity index (χ1v) is 13.2. The van der Waals surface area contributed by atoms with E-state index in [1.54, 1.807) is 36.5 Å². The number of aromatic nitrogens is 5. The third-order valence-electron chi connectivity index (χ3n) is 7.94. The Balaban J connectivity index is 1.38. The van der Waals surface area contributed by atoms with Crippen LogP contribution in [0.1, 0.15) is 47.0 Å². The van der Waals surface area contributed by atoms with Gasteiger partial charge in [-0.15, -0.1) is 0 Å². The van der Waals surface area contributed by atoms with Crippen molar-refractivity contribution in [3.63, 3.8) is 0 Å². The molecule has 202 valence electrons. The molecule has 2 N–H and O–H groups in total. The number of hydrogen-bond donors (Lipinski definition) is 2. The molecule has 0 aromatic carbocycles. The molecule has 0 saturated carbocycles. The van der Waals surface area contributed by atoms with Gasteiger partial charge in [-0.2, -0.15) is 0 Å². The van der Waals surface area contributed by atoms with Crippen LogP contribution in [0.4, 0.5) is 17.3 Å². The fourth-order valence-electron chi connectivity index (χ4n) is 5.96. The third-order valence-corrected chi connectivity index (χ3v) is 7.94. The minimum Gasteiger partial charge on any atom is -0.392 e. The number of nitrogens with zero attached hydrogens (tertiary/aromatic N) is 6. The molecule has 4 aromatic rings. The summed E-state index contributed by atoms with van der Waals surface area (Å²) in [5.41, 5.74) is 5.53. The quantitative estimate of drug-likeness (QED) is 0.412. The molecule has 2 aliphatic rings. The minimum absolute atomic E-state index is 0.110. The number of hydrogen-bond acceptors (Lipinski definition) is 6. The van der Waals surface area contributed by atoms with E-state index < -0.39 is 0 Å². The molecule has 6 rings (SSSR count). The van der Waals surface area contributed by atoms with Crippen molar-refractivity contribution >= 4 is 23.2 Å². The van der Waals surface area contributed by atoms with Gasteiger partial charge in [0.1, 0.15) is 28.8 Å². The van der Waals surface area contributed by atoms with Gasteiger partial charge in [-0.25, -0.2) is 9.97 Å². The first-order valence-electron chi connectivity index (χ1n) is 13.2. The van der Waals surface area contributed by atoms with Gasteiger partial charge in [-0.1, -0.05) is 13.8 Å². The molecule has 1 aliphatic heterocycles. The van der Waals surface area contributed by atoms with Crippen LogP contribution in [-0.4, -0.2) is 41.2 Å². The number of carbonyl (C=O) groups is 1. The number of nitrogens with one attached hydrogen (secondary N) is 1. The standard InChI is InChI=1S/C29H33N7O3/c1-17-31-25(15-33(17)4)32-22-10-19(14-34(5)27(22)38)20-6-7-30-26(21(20)16-37)36-9-8-35-23(28(36)39)11-18-12-29(2,3)13-24(18)35/h6-7,10-11,14-15,32,37H,8-9,12-13,16H2,1-5H3. The van der Waals surface area contributed by atoms with E-state index in [2.05, 4.69) is 33.7 Å². The lowest BCUT2D eigenvalue weighted by atomic mass is 9.90.